The Morgan fingerprint density at radius 2 is 1.86 bits per heavy atom. The molecule has 0 amide bonds. The average molecular weight is 320 g/mol. The van der Waals surface area contributed by atoms with Gasteiger partial charge in [0.15, 0.2) is 0 Å². The molecule has 0 saturated carbocycles. The van der Waals surface area contributed by atoms with Crippen molar-refractivity contribution in [1.29, 1.82) is 0 Å². The van der Waals surface area contributed by atoms with Gasteiger partial charge >= 0.3 is 0 Å². The van der Waals surface area contributed by atoms with E-state index in [9.17, 15) is 5.21 Å². The van der Waals surface area contributed by atoms with E-state index in [1.165, 1.54) is 10.6 Å². The molecule has 108 valence electrons. The van der Waals surface area contributed by atoms with Crippen molar-refractivity contribution in [1.82, 2.24) is 5.06 Å². The molecule has 0 bridgehead atoms. The van der Waals surface area contributed by atoms with Gasteiger partial charge in [0.1, 0.15) is 0 Å². The highest BCUT2D eigenvalue weighted by Crippen LogP contribution is 2.40. The Balaban J connectivity index is 2.08. The fourth-order valence-corrected chi connectivity index (χ4v) is 3.16. The predicted molar refractivity (Wildman–Crippen MR) is 86.9 cm³/mol. The van der Waals surface area contributed by atoms with Gasteiger partial charge in [-0.3, -0.25) is 10.3 Å². The molecule has 1 N–H and O–H groups in total. The van der Waals surface area contributed by atoms with Gasteiger partial charge < -0.3 is 0 Å². The van der Waals surface area contributed by atoms with Gasteiger partial charge in [-0.2, -0.15) is 0 Å². The van der Waals surface area contributed by atoms with Gasteiger partial charge in [-0.25, -0.2) is 0 Å². The third-order valence-electron chi connectivity index (χ3n) is 3.85. The fraction of sp³-hybridized carbons (Fsp3) is 0.176. The zero-order chi connectivity index (χ0) is 15.0. The minimum Gasteiger partial charge on any atom is -0.289 e. The van der Waals surface area contributed by atoms with E-state index in [1.807, 2.05) is 36.4 Å². The summed E-state index contributed by atoms with van der Waals surface area (Å²) < 4.78 is 0. The maximum Gasteiger partial charge on any atom is 0.0666 e. The number of rotatable bonds is 2. The molecular formula is C17H15Cl2NO. The molecule has 0 fully saturated rings. The van der Waals surface area contributed by atoms with Crippen LogP contribution in [0.25, 0.3) is 5.70 Å². The highest BCUT2D eigenvalue weighted by atomic mass is 35.5. The Morgan fingerprint density at radius 1 is 1.10 bits per heavy atom. The summed E-state index contributed by atoms with van der Waals surface area (Å²) in [6.07, 6.45) is 2.87. The molecule has 2 aromatic rings. The Morgan fingerprint density at radius 3 is 2.57 bits per heavy atom. The molecular weight excluding hydrogens is 305 g/mol. The Bertz CT molecular complexity index is 710. The van der Waals surface area contributed by atoms with Crippen molar-refractivity contribution in [3.63, 3.8) is 0 Å². The molecule has 0 spiro atoms. The molecule has 1 aliphatic carbocycles. The lowest BCUT2D eigenvalue weighted by atomic mass is 9.81. The maximum atomic E-state index is 9.79. The van der Waals surface area contributed by atoms with Crippen LogP contribution in [0, 0.1) is 0 Å². The zero-order valence-corrected chi connectivity index (χ0v) is 13.1. The monoisotopic (exact) mass is 319 g/mol. The van der Waals surface area contributed by atoms with Crippen LogP contribution in [0.4, 0.5) is 0 Å². The lowest BCUT2D eigenvalue weighted by molar-refractivity contribution is 0.000166. The molecule has 4 heteroatoms. The minimum atomic E-state index is 0.222. The van der Waals surface area contributed by atoms with Crippen molar-refractivity contribution in [3.8, 4) is 0 Å². The molecule has 0 aromatic heterocycles. The van der Waals surface area contributed by atoms with Crippen LogP contribution in [0.1, 0.15) is 29.0 Å². The van der Waals surface area contributed by atoms with Gasteiger partial charge in [0.2, 0.25) is 0 Å². The summed E-state index contributed by atoms with van der Waals surface area (Å²) in [5.74, 6) is 0.222. The number of hydrogen-bond donors (Lipinski definition) is 1. The molecule has 0 saturated heterocycles. The largest absolute Gasteiger partial charge is 0.289 e. The van der Waals surface area contributed by atoms with E-state index >= 15 is 0 Å². The predicted octanol–water partition coefficient (Wildman–Crippen LogP) is 5.19. The molecule has 1 atom stereocenters. The second-order valence-corrected chi connectivity index (χ2v) is 5.98. The Hall–Kier alpha value is -1.48. The molecule has 2 nitrogen and oxygen atoms in total. The highest BCUT2D eigenvalue weighted by Gasteiger charge is 2.24. The summed E-state index contributed by atoms with van der Waals surface area (Å²) in [5.41, 5.74) is 4.20. The highest BCUT2D eigenvalue weighted by molar-refractivity contribution is 6.42. The van der Waals surface area contributed by atoms with Crippen LogP contribution in [0.3, 0.4) is 0 Å². The van der Waals surface area contributed by atoms with Gasteiger partial charge in [-0.1, -0.05) is 59.6 Å². The third kappa shape index (κ3) is 2.67. The Kier molecular flexibility index (Phi) is 3.94. The summed E-state index contributed by atoms with van der Waals surface area (Å²) in [4.78, 5) is 0. The normalized spacial score (nSPS) is 17.1. The molecule has 3 rings (SSSR count). The van der Waals surface area contributed by atoms with Crippen LogP contribution in [-0.4, -0.2) is 17.3 Å². The number of fused-ring (bicyclic) bond motifs is 1. The van der Waals surface area contributed by atoms with Crippen LogP contribution < -0.4 is 0 Å². The molecule has 0 radical (unpaired) electrons. The number of halogens is 2. The molecule has 1 aliphatic rings. The van der Waals surface area contributed by atoms with E-state index in [4.69, 9.17) is 23.2 Å². The molecule has 2 aromatic carbocycles. The van der Waals surface area contributed by atoms with Crippen molar-refractivity contribution in [2.45, 2.75) is 12.3 Å². The summed E-state index contributed by atoms with van der Waals surface area (Å²) in [7, 11) is 1.64. The number of hydroxylamine groups is 2. The maximum absolute atomic E-state index is 9.79. The van der Waals surface area contributed by atoms with Crippen molar-refractivity contribution < 1.29 is 5.21 Å². The zero-order valence-electron chi connectivity index (χ0n) is 11.6. The van der Waals surface area contributed by atoms with Crippen LogP contribution in [0.2, 0.25) is 10.0 Å². The van der Waals surface area contributed by atoms with Crippen molar-refractivity contribution in [2.24, 2.45) is 0 Å². The summed E-state index contributed by atoms with van der Waals surface area (Å²) in [6.45, 7) is 0. The first kappa shape index (κ1) is 14.5. The number of hydrogen-bond acceptors (Lipinski definition) is 2. The summed E-state index contributed by atoms with van der Waals surface area (Å²) in [5, 5.41) is 12.1. The molecule has 0 heterocycles. The first-order chi connectivity index (χ1) is 10.1. The number of nitrogens with zero attached hydrogens (tertiary/aromatic N) is 1. The fourth-order valence-electron chi connectivity index (χ4n) is 2.85. The number of benzene rings is 2. The van der Waals surface area contributed by atoms with Gasteiger partial charge in [-0.15, -0.1) is 0 Å². The van der Waals surface area contributed by atoms with Gasteiger partial charge in [0, 0.05) is 18.5 Å². The van der Waals surface area contributed by atoms with E-state index in [-0.39, 0.29) is 5.92 Å². The summed E-state index contributed by atoms with van der Waals surface area (Å²) in [6, 6.07) is 13.9. The van der Waals surface area contributed by atoms with Gasteiger partial charge in [0.25, 0.3) is 0 Å². The lowest BCUT2D eigenvalue weighted by Gasteiger charge is -2.28. The van der Waals surface area contributed by atoms with E-state index in [1.54, 1.807) is 7.05 Å². The van der Waals surface area contributed by atoms with Crippen molar-refractivity contribution in [2.75, 3.05) is 7.05 Å². The topological polar surface area (TPSA) is 23.5 Å². The standard InChI is InChI=1S/C17H15Cl2NO/c1-20(21)17-9-7-12(13-4-2-3-5-14(13)17)11-6-8-15(18)16(19)10-11/h2-6,8-10,12,21H,7H2,1H3. The SMILES string of the molecule is CN(O)C1=CCC(c2ccc(Cl)c(Cl)c2)c2ccccc21. The third-order valence-corrected chi connectivity index (χ3v) is 4.59. The van der Waals surface area contributed by atoms with Crippen molar-refractivity contribution >= 4 is 28.9 Å². The van der Waals surface area contributed by atoms with E-state index in [0.717, 1.165) is 23.2 Å². The van der Waals surface area contributed by atoms with Gasteiger partial charge in [0.05, 0.1) is 15.7 Å². The van der Waals surface area contributed by atoms with E-state index < -0.39 is 0 Å². The minimum absolute atomic E-state index is 0.222. The molecule has 0 aliphatic heterocycles. The smallest absolute Gasteiger partial charge is 0.0666 e. The van der Waals surface area contributed by atoms with E-state index in [2.05, 4.69) is 12.1 Å². The second kappa shape index (κ2) is 5.72. The van der Waals surface area contributed by atoms with Crippen LogP contribution in [-0.2, 0) is 0 Å². The van der Waals surface area contributed by atoms with Gasteiger partial charge in [-0.05, 0) is 29.7 Å². The first-order valence-corrected chi connectivity index (χ1v) is 7.50. The molecule has 21 heavy (non-hydrogen) atoms. The van der Waals surface area contributed by atoms with Crippen LogP contribution >= 0.6 is 23.2 Å². The second-order valence-electron chi connectivity index (χ2n) is 5.16. The van der Waals surface area contributed by atoms with Crippen LogP contribution in [0.15, 0.2) is 48.5 Å². The van der Waals surface area contributed by atoms with Crippen molar-refractivity contribution in [3.05, 3.63) is 75.3 Å². The molecule has 1 unspecified atom stereocenters. The first-order valence-electron chi connectivity index (χ1n) is 6.75. The summed E-state index contributed by atoms with van der Waals surface area (Å²) >= 11 is 12.1. The quantitative estimate of drug-likeness (QED) is 0.770. The lowest BCUT2D eigenvalue weighted by Crippen LogP contribution is -2.17. The van der Waals surface area contributed by atoms with Crippen LogP contribution in [0.5, 0.6) is 0 Å². The average Bonchev–Trinajstić information content (AvgIpc) is 2.49. The van der Waals surface area contributed by atoms with E-state index in [0.29, 0.717) is 10.0 Å². The Labute approximate surface area is 134 Å². The number of allylic oxidation sites excluding steroid dienone is 1.